The van der Waals surface area contributed by atoms with Crippen LogP contribution in [-0.2, 0) is 4.74 Å². The van der Waals surface area contributed by atoms with Gasteiger partial charge in [-0.15, -0.1) is 0 Å². The molecule has 8 heteroatoms. The summed E-state index contributed by atoms with van der Waals surface area (Å²) in [4.78, 5) is 25.5. The molecular weight excluding hydrogens is 394 g/mol. The van der Waals surface area contributed by atoms with E-state index in [1.807, 2.05) is 13.8 Å². The summed E-state index contributed by atoms with van der Waals surface area (Å²) in [6, 6.07) is 1.06. The smallest absolute Gasteiger partial charge is 0.270 e. The van der Waals surface area contributed by atoms with Crippen molar-refractivity contribution in [1.29, 1.82) is 0 Å². The average Bonchev–Trinajstić information content (AvgIpc) is 3.37. The summed E-state index contributed by atoms with van der Waals surface area (Å²) in [5.41, 5.74) is 3.40. The first-order valence-electron chi connectivity index (χ1n) is 11.4. The number of carbonyl (C=O) groups excluding carboxylic acids is 1. The van der Waals surface area contributed by atoms with E-state index in [-0.39, 0.29) is 18.0 Å². The van der Waals surface area contributed by atoms with E-state index in [2.05, 4.69) is 22.5 Å². The third-order valence-electron chi connectivity index (χ3n) is 7.52. The highest BCUT2D eigenvalue weighted by molar-refractivity contribution is 6.06. The number of hydrogen-bond acceptors (Lipinski definition) is 7. The van der Waals surface area contributed by atoms with E-state index in [9.17, 15) is 4.79 Å². The van der Waals surface area contributed by atoms with Crippen LogP contribution in [0.1, 0.15) is 46.6 Å². The van der Waals surface area contributed by atoms with Crippen LogP contribution >= 0.6 is 0 Å². The Morgan fingerprint density at radius 2 is 1.97 bits per heavy atom. The molecule has 2 aromatic heterocycles. The van der Waals surface area contributed by atoms with Gasteiger partial charge in [0.1, 0.15) is 18.1 Å². The lowest BCUT2D eigenvalue weighted by Gasteiger charge is -2.40. The molecule has 2 bridgehead atoms. The molecule has 4 atom stereocenters. The van der Waals surface area contributed by atoms with Gasteiger partial charge in [-0.2, -0.15) is 0 Å². The number of hydrogen-bond donors (Lipinski definition) is 2. The molecule has 8 nitrogen and oxygen atoms in total. The number of ether oxygens (including phenoxy) is 2. The zero-order valence-electron chi connectivity index (χ0n) is 18.3. The maximum absolute atomic E-state index is 13.3. The number of nitrogens with zero attached hydrogens (tertiary/aromatic N) is 3. The second kappa shape index (κ2) is 7.03. The van der Waals surface area contributed by atoms with Crippen LogP contribution in [0.5, 0.6) is 5.88 Å². The zero-order valence-corrected chi connectivity index (χ0v) is 18.3. The number of amides is 1. The molecule has 0 spiro atoms. The molecule has 164 valence electrons. The summed E-state index contributed by atoms with van der Waals surface area (Å²) < 4.78 is 11.7. The Bertz CT molecular complexity index is 1080. The number of aryl methyl sites for hydroxylation is 3. The lowest BCUT2D eigenvalue weighted by molar-refractivity contribution is 0.0924. The second-order valence-electron chi connectivity index (χ2n) is 9.40. The molecule has 4 aliphatic rings. The number of rotatable bonds is 2. The van der Waals surface area contributed by atoms with Crippen molar-refractivity contribution >= 4 is 22.5 Å². The van der Waals surface area contributed by atoms with Crippen molar-refractivity contribution in [2.45, 2.75) is 64.2 Å². The Morgan fingerprint density at radius 3 is 2.77 bits per heavy atom. The van der Waals surface area contributed by atoms with E-state index in [1.165, 1.54) is 6.42 Å². The molecule has 6 heterocycles. The SMILES string of the molecule is Cc1nc2c3c(nc(C(=O)NC4CCOC4)c(C)c3c1C)N1CC3CCC(N3)C1CO2. The molecule has 3 saturated heterocycles. The monoisotopic (exact) mass is 423 g/mol. The molecule has 6 rings (SSSR count). The van der Waals surface area contributed by atoms with Crippen molar-refractivity contribution < 1.29 is 14.3 Å². The first kappa shape index (κ1) is 19.3. The number of nitrogens with one attached hydrogen (secondary N) is 2. The predicted octanol–water partition coefficient (Wildman–Crippen LogP) is 1.78. The number of pyridine rings is 2. The molecule has 0 aliphatic carbocycles. The number of aromatic nitrogens is 2. The van der Waals surface area contributed by atoms with E-state index in [4.69, 9.17) is 19.4 Å². The Labute approximate surface area is 181 Å². The van der Waals surface area contributed by atoms with Crippen molar-refractivity contribution in [3.05, 3.63) is 22.5 Å². The van der Waals surface area contributed by atoms with Gasteiger partial charge in [0.05, 0.1) is 24.1 Å². The summed E-state index contributed by atoms with van der Waals surface area (Å²) in [6.07, 6.45) is 3.15. The van der Waals surface area contributed by atoms with Gasteiger partial charge in [0.25, 0.3) is 5.91 Å². The van der Waals surface area contributed by atoms with Gasteiger partial charge >= 0.3 is 0 Å². The van der Waals surface area contributed by atoms with Gasteiger partial charge in [0.15, 0.2) is 0 Å². The highest BCUT2D eigenvalue weighted by atomic mass is 16.5. The highest BCUT2D eigenvalue weighted by Crippen LogP contribution is 2.42. The van der Waals surface area contributed by atoms with Crippen molar-refractivity contribution in [2.24, 2.45) is 0 Å². The number of carbonyl (C=O) groups is 1. The van der Waals surface area contributed by atoms with Gasteiger partial charge in [0.2, 0.25) is 5.88 Å². The zero-order chi connectivity index (χ0) is 21.3. The van der Waals surface area contributed by atoms with Crippen LogP contribution in [0, 0.1) is 20.8 Å². The molecule has 3 fully saturated rings. The molecule has 4 unspecified atom stereocenters. The minimum Gasteiger partial charge on any atom is -0.475 e. The molecular formula is C23H29N5O3. The fourth-order valence-electron chi connectivity index (χ4n) is 5.74. The Morgan fingerprint density at radius 1 is 1.10 bits per heavy atom. The molecule has 31 heavy (non-hydrogen) atoms. The molecule has 1 amide bonds. The first-order valence-corrected chi connectivity index (χ1v) is 11.4. The second-order valence-corrected chi connectivity index (χ2v) is 9.40. The third kappa shape index (κ3) is 2.91. The van der Waals surface area contributed by atoms with Gasteiger partial charge in [-0.1, -0.05) is 0 Å². The predicted molar refractivity (Wildman–Crippen MR) is 117 cm³/mol. The van der Waals surface area contributed by atoms with Gasteiger partial charge in [-0.05, 0) is 51.2 Å². The molecule has 0 saturated carbocycles. The maximum atomic E-state index is 13.3. The number of piperazine rings is 1. The van der Waals surface area contributed by atoms with Gasteiger partial charge in [0, 0.05) is 36.3 Å². The number of fused-ring (bicyclic) bond motifs is 5. The summed E-state index contributed by atoms with van der Waals surface area (Å²) in [7, 11) is 0. The Balaban J connectivity index is 1.55. The third-order valence-corrected chi connectivity index (χ3v) is 7.52. The Kier molecular flexibility index (Phi) is 4.37. The highest BCUT2D eigenvalue weighted by Gasteiger charge is 2.44. The lowest BCUT2D eigenvalue weighted by atomic mass is 9.98. The largest absolute Gasteiger partial charge is 0.475 e. The van der Waals surface area contributed by atoms with E-state index in [0.717, 1.165) is 52.8 Å². The van der Waals surface area contributed by atoms with Crippen LogP contribution in [0.25, 0.3) is 10.8 Å². The van der Waals surface area contributed by atoms with Gasteiger partial charge in [-0.25, -0.2) is 9.97 Å². The molecule has 4 aliphatic heterocycles. The Hall–Kier alpha value is -2.45. The van der Waals surface area contributed by atoms with Crippen molar-refractivity contribution in [3.8, 4) is 5.88 Å². The first-order chi connectivity index (χ1) is 15.0. The van der Waals surface area contributed by atoms with Crippen LogP contribution in [-0.4, -0.2) is 66.4 Å². The van der Waals surface area contributed by atoms with Crippen LogP contribution in [0.4, 0.5) is 5.82 Å². The van der Waals surface area contributed by atoms with Crippen molar-refractivity contribution in [2.75, 3.05) is 31.3 Å². The van der Waals surface area contributed by atoms with Crippen LogP contribution in [0.3, 0.4) is 0 Å². The van der Waals surface area contributed by atoms with E-state index in [1.54, 1.807) is 0 Å². The maximum Gasteiger partial charge on any atom is 0.270 e. The average molecular weight is 424 g/mol. The topological polar surface area (TPSA) is 88.6 Å². The van der Waals surface area contributed by atoms with Crippen LogP contribution < -0.4 is 20.3 Å². The lowest BCUT2D eigenvalue weighted by Crippen LogP contribution is -2.60. The summed E-state index contributed by atoms with van der Waals surface area (Å²) in [5, 5.41) is 8.86. The van der Waals surface area contributed by atoms with E-state index in [0.29, 0.717) is 43.5 Å². The minimum absolute atomic E-state index is 0.0467. The minimum atomic E-state index is -0.124. The standard InChI is InChI=1S/C23H29N5O3/c1-11-13(3)24-23-19-18(11)12(2)20(22(29)26-15-6-7-30-9-15)27-21(19)28-8-14-4-5-16(25-14)17(28)10-31-23/h14-17,25H,4-10H2,1-3H3,(H,26,29). The summed E-state index contributed by atoms with van der Waals surface area (Å²) >= 11 is 0. The molecule has 2 N–H and O–H groups in total. The normalized spacial score (nSPS) is 28.9. The quantitative estimate of drug-likeness (QED) is 0.761. The summed E-state index contributed by atoms with van der Waals surface area (Å²) in [6.45, 7) is 8.78. The van der Waals surface area contributed by atoms with Crippen molar-refractivity contribution in [3.63, 3.8) is 0 Å². The van der Waals surface area contributed by atoms with E-state index < -0.39 is 0 Å². The van der Waals surface area contributed by atoms with Crippen LogP contribution in [0.2, 0.25) is 0 Å². The molecule has 0 radical (unpaired) electrons. The van der Waals surface area contributed by atoms with Crippen LogP contribution in [0.15, 0.2) is 0 Å². The fraction of sp³-hybridized carbons (Fsp3) is 0.609. The van der Waals surface area contributed by atoms with Gasteiger partial charge < -0.3 is 25.0 Å². The van der Waals surface area contributed by atoms with Gasteiger partial charge in [-0.3, -0.25) is 4.79 Å². The van der Waals surface area contributed by atoms with Crippen molar-refractivity contribution in [1.82, 2.24) is 20.6 Å². The number of anilines is 1. The molecule has 2 aromatic rings. The summed E-state index contributed by atoms with van der Waals surface area (Å²) in [5.74, 6) is 1.37. The fourth-order valence-corrected chi connectivity index (χ4v) is 5.74. The van der Waals surface area contributed by atoms with E-state index >= 15 is 0 Å². The molecule has 0 aromatic carbocycles.